The highest BCUT2D eigenvalue weighted by molar-refractivity contribution is 6.74. The van der Waals surface area contributed by atoms with Crippen molar-refractivity contribution < 1.29 is 14.3 Å². The van der Waals surface area contributed by atoms with Crippen LogP contribution in [-0.4, -0.2) is 24.4 Å². The van der Waals surface area contributed by atoms with E-state index in [1.165, 1.54) is 6.20 Å². The monoisotopic (exact) mass is 281 g/mol. The van der Waals surface area contributed by atoms with E-state index in [2.05, 4.69) is 38.8 Å². The molecule has 1 aromatic rings. The number of aromatic nitrogens is 1. The maximum absolute atomic E-state index is 11.0. The molecule has 0 unspecified atom stereocenters. The highest BCUT2D eigenvalue weighted by Gasteiger charge is 2.37. The Bertz CT molecular complexity index is 478. The summed E-state index contributed by atoms with van der Waals surface area (Å²) in [5.41, 5.74) is 1.70. The van der Waals surface area contributed by atoms with E-state index in [0.717, 1.165) is 5.56 Å². The summed E-state index contributed by atoms with van der Waals surface area (Å²) >= 11 is 0. The van der Waals surface area contributed by atoms with E-state index in [-0.39, 0.29) is 10.7 Å². The van der Waals surface area contributed by atoms with Crippen LogP contribution in [0.5, 0.6) is 0 Å². The highest BCUT2D eigenvalue weighted by Crippen LogP contribution is 2.37. The van der Waals surface area contributed by atoms with Crippen LogP contribution >= 0.6 is 0 Å². The molecule has 0 aliphatic rings. The Morgan fingerprint density at radius 2 is 2.00 bits per heavy atom. The predicted octanol–water partition coefficient (Wildman–Crippen LogP) is 3.61. The Morgan fingerprint density at radius 1 is 1.42 bits per heavy atom. The SMILES string of the molecule is Cc1c(CO[Si](C)(C)C(C)(C)C)ccnc1C(=O)O. The minimum absolute atomic E-state index is 0.108. The van der Waals surface area contributed by atoms with E-state index in [0.29, 0.717) is 12.2 Å². The smallest absolute Gasteiger partial charge is 0.354 e. The van der Waals surface area contributed by atoms with Gasteiger partial charge in [0.1, 0.15) is 0 Å². The second kappa shape index (κ2) is 5.42. The standard InChI is InChI=1S/C14H23NO3Si/c1-10-11(7-8-15-12(10)13(16)17)9-18-19(5,6)14(2,3)4/h7-8H,9H2,1-6H3,(H,16,17). The summed E-state index contributed by atoms with van der Waals surface area (Å²) in [6, 6.07) is 1.83. The zero-order chi connectivity index (χ0) is 14.8. The minimum atomic E-state index is -1.82. The van der Waals surface area contributed by atoms with Gasteiger partial charge in [0.05, 0.1) is 6.61 Å². The summed E-state index contributed by atoms with van der Waals surface area (Å²) in [7, 11) is -1.82. The van der Waals surface area contributed by atoms with Crippen molar-refractivity contribution in [2.75, 3.05) is 0 Å². The number of rotatable bonds is 4. The topological polar surface area (TPSA) is 59.4 Å². The molecular formula is C14H23NO3Si. The third-order valence-electron chi connectivity index (χ3n) is 3.91. The first-order chi connectivity index (χ1) is 8.56. The third-order valence-corrected chi connectivity index (χ3v) is 8.39. The van der Waals surface area contributed by atoms with E-state index in [1.54, 1.807) is 6.92 Å². The summed E-state index contributed by atoms with van der Waals surface area (Å²) in [6.07, 6.45) is 1.53. The zero-order valence-electron chi connectivity index (χ0n) is 12.6. The molecule has 106 valence electrons. The van der Waals surface area contributed by atoms with E-state index in [4.69, 9.17) is 9.53 Å². The number of carbonyl (C=O) groups is 1. The molecule has 0 aromatic carbocycles. The van der Waals surface area contributed by atoms with Gasteiger partial charge in [0.2, 0.25) is 0 Å². The number of hydrogen-bond donors (Lipinski definition) is 1. The van der Waals surface area contributed by atoms with Crippen LogP contribution in [0.2, 0.25) is 18.1 Å². The van der Waals surface area contributed by atoms with Crippen LogP contribution in [0.3, 0.4) is 0 Å². The van der Waals surface area contributed by atoms with Gasteiger partial charge in [-0.25, -0.2) is 9.78 Å². The lowest BCUT2D eigenvalue weighted by atomic mass is 10.1. The van der Waals surface area contributed by atoms with Crippen LogP contribution in [0, 0.1) is 6.92 Å². The first-order valence-electron chi connectivity index (χ1n) is 6.38. The van der Waals surface area contributed by atoms with E-state index < -0.39 is 14.3 Å². The maximum Gasteiger partial charge on any atom is 0.354 e. The molecule has 0 spiro atoms. The average Bonchev–Trinajstić information content (AvgIpc) is 2.25. The Balaban J connectivity index is 2.91. The Labute approximate surface area is 116 Å². The molecule has 0 aliphatic carbocycles. The lowest BCUT2D eigenvalue weighted by Gasteiger charge is -2.36. The summed E-state index contributed by atoms with van der Waals surface area (Å²) in [5, 5.41) is 9.20. The van der Waals surface area contributed by atoms with Crippen LogP contribution in [0.4, 0.5) is 0 Å². The lowest BCUT2D eigenvalue weighted by molar-refractivity contribution is 0.0689. The van der Waals surface area contributed by atoms with Crippen molar-refractivity contribution in [3.05, 3.63) is 29.1 Å². The molecule has 0 aliphatic heterocycles. The van der Waals surface area contributed by atoms with Gasteiger partial charge >= 0.3 is 5.97 Å². The van der Waals surface area contributed by atoms with E-state index >= 15 is 0 Å². The summed E-state index contributed by atoms with van der Waals surface area (Å²) in [5.74, 6) is -0.994. The van der Waals surface area contributed by atoms with Gasteiger partial charge in [0, 0.05) is 6.20 Å². The van der Waals surface area contributed by atoms with Crippen molar-refractivity contribution in [2.24, 2.45) is 0 Å². The van der Waals surface area contributed by atoms with Gasteiger partial charge in [0.25, 0.3) is 0 Å². The Kier molecular flexibility index (Phi) is 4.53. The van der Waals surface area contributed by atoms with Crippen LogP contribution in [0.1, 0.15) is 42.4 Å². The molecule has 0 atom stereocenters. The van der Waals surface area contributed by atoms with Gasteiger partial charge in [-0.15, -0.1) is 0 Å². The maximum atomic E-state index is 11.0. The number of carboxylic acids is 1. The molecule has 1 heterocycles. The van der Waals surface area contributed by atoms with Crippen molar-refractivity contribution in [3.8, 4) is 0 Å². The van der Waals surface area contributed by atoms with Crippen molar-refractivity contribution in [1.82, 2.24) is 4.98 Å². The average molecular weight is 281 g/mol. The molecule has 0 bridgehead atoms. The first kappa shape index (κ1) is 15.9. The Morgan fingerprint density at radius 3 is 2.47 bits per heavy atom. The molecular weight excluding hydrogens is 258 g/mol. The van der Waals surface area contributed by atoms with Gasteiger partial charge in [-0.1, -0.05) is 20.8 Å². The summed E-state index contributed by atoms with van der Waals surface area (Å²) < 4.78 is 6.11. The van der Waals surface area contributed by atoms with Gasteiger partial charge in [-0.2, -0.15) is 0 Å². The largest absolute Gasteiger partial charge is 0.477 e. The fourth-order valence-corrected chi connectivity index (χ4v) is 2.37. The molecule has 0 amide bonds. The van der Waals surface area contributed by atoms with Crippen LogP contribution in [0.15, 0.2) is 12.3 Å². The second-order valence-electron chi connectivity index (χ2n) is 6.30. The van der Waals surface area contributed by atoms with Crippen molar-refractivity contribution in [1.29, 1.82) is 0 Å². The summed E-state index contributed by atoms with van der Waals surface area (Å²) in [4.78, 5) is 14.9. The quantitative estimate of drug-likeness (QED) is 0.856. The zero-order valence-corrected chi connectivity index (χ0v) is 13.6. The molecule has 1 N–H and O–H groups in total. The fraction of sp³-hybridized carbons (Fsp3) is 0.571. The number of aromatic carboxylic acids is 1. The molecule has 4 nitrogen and oxygen atoms in total. The second-order valence-corrected chi connectivity index (χ2v) is 11.1. The molecule has 0 saturated heterocycles. The Hall–Kier alpha value is -1.20. The third kappa shape index (κ3) is 3.64. The number of carboxylic acid groups (broad SMARTS) is 1. The van der Waals surface area contributed by atoms with Crippen molar-refractivity contribution in [2.45, 2.75) is 52.4 Å². The normalized spacial score (nSPS) is 12.5. The number of nitrogens with zero attached hydrogens (tertiary/aromatic N) is 1. The molecule has 1 rings (SSSR count). The van der Waals surface area contributed by atoms with Crippen molar-refractivity contribution in [3.63, 3.8) is 0 Å². The molecule has 5 heteroatoms. The molecule has 0 radical (unpaired) electrons. The van der Waals surface area contributed by atoms with Gasteiger partial charge in [0.15, 0.2) is 14.0 Å². The highest BCUT2D eigenvalue weighted by atomic mass is 28.4. The molecule has 0 fully saturated rings. The van der Waals surface area contributed by atoms with Gasteiger partial charge < -0.3 is 9.53 Å². The molecule has 19 heavy (non-hydrogen) atoms. The summed E-state index contributed by atoms with van der Waals surface area (Å²) in [6.45, 7) is 13.1. The fourth-order valence-electron chi connectivity index (χ4n) is 1.42. The molecule has 1 aromatic heterocycles. The molecule has 0 saturated carbocycles. The van der Waals surface area contributed by atoms with Gasteiger partial charge in [-0.3, -0.25) is 0 Å². The van der Waals surface area contributed by atoms with E-state index in [9.17, 15) is 4.79 Å². The van der Waals surface area contributed by atoms with E-state index in [1.807, 2.05) is 6.07 Å². The van der Waals surface area contributed by atoms with Crippen LogP contribution in [0.25, 0.3) is 0 Å². The van der Waals surface area contributed by atoms with Crippen molar-refractivity contribution >= 4 is 14.3 Å². The van der Waals surface area contributed by atoms with Gasteiger partial charge in [-0.05, 0) is 42.2 Å². The van der Waals surface area contributed by atoms with Crippen LogP contribution in [-0.2, 0) is 11.0 Å². The number of hydrogen-bond acceptors (Lipinski definition) is 3. The first-order valence-corrected chi connectivity index (χ1v) is 9.29. The van der Waals surface area contributed by atoms with Crippen LogP contribution < -0.4 is 0 Å². The predicted molar refractivity (Wildman–Crippen MR) is 77.9 cm³/mol. The lowest BCUT2D eigenvalue weighted by Crippen LogP contribution is -2.40. The minimum Gasteiger partial charge on any atom is -0.477 e. The number of pyridine rings is 1.